The quantitative estimate of drug-likeness (QED) is 0.717. The zero-order valence-corrected chi connectivity index (χ0v) is 9.50. The van der Waals surface area contributed by atoms with Gasteiger partial charge in [0, 0.05) is 13.1 Å². The van der Waals surface area contributed by atoms with Crippen LogP contribution in [-0.2, 0) is 10.0 Å². The number of fused-ring (bicyclic) bond motifs is 1. The van der Waals surface area contributed by atoms with E-state index in [-0.39, 0.29) is 5.25 Å². The number of hydrogen-bond donors (Lipinski definition) is 1. The van der Waals surface area contributed by atoms with Crippen molar-refractivity contribution in [3.63, 3.8) is 0 Å². The van der Waals surface area contributed by atoms with Crippen molar-refractivity contribution >= 4 is 10.0 Å². The lowest BCUT2D eigenvalue weighted by molar-refractivity contribution is 0.409. The smallest absolute Gasteiger partial charge is 0.216 e. The molecule has 2 N–H and O–H groups in total. The number of nitrogens with two attached hydrogens (primary N) is 1. The van der Waals surface area contributed by atoms with Gasteiger partial charge in [-0.15, -0.1) is 0 Å². The fourth-order valence-corrected chi connectivity index (χ4v) is 3.82. The van der Waals surface area contributed by atoms with Crippen molar-refractivity contribution in [3.05, 3.63) is 0 Å². The van der Waals surface area contributed by atoms with Gasteiger partial charge in [0.25, 0.3) is 0 Å². The lowest BCUT2D eigenvalue weighted by Crippen LogP contribution is -2.37. The van der Waals surface area contributed by atoms with Crippen molar-refractivity contribution in [3.8, 4) is 0 Å². The van der Waals surface area contributed by atoms with Crippen LogP contribution in [0.15, 0.2) is 0 Å². The molecule has 1 aliphatic heterocycles. The molecule has 0 aromatic carbocycles. The van der Waals surface area contributed by atoms with Crippen molar-refractivity contribution in [2.75, 3.05) is 19.6 Å². The average Bonchev–Trinajstić information content (AvgIpc) is 2.56. The molecule has 0 spiro atoms. The summed E-state index contributed by atoms with van der Waals surface area (Å²) in [5.41, 5.74) is 5.57. The van der Waals surface area contributed by atoms with Crippen LogP contribution in [0.25, 0.3) is 0 Å². The molecule has 82 valence electrons. The maximum Gasteiger partial charge on any atom is 0.216 e. The minimum atomic E-state index is -3.02. The second kappa shape index (κ2) is 3.18. The number of sulfonamides is 1. The van der Waals surface area contributed by atoms with Crippen molar-refractivity contribution < 1.29 is 8.42 Å². The van der Waals surface area contributed by atoms with E-state index >= 15 is 0 Å². The van der Waals surface area contributed by atoms with Gasteiger partial charge in [-0.2, -0.15) is 0 Å². The lowest BCUT2D eigenvalue weighted by atomic mass is 10.3. The molecule has 4 nitrogen and oxygen atoms in total. The van der Waals surface area contributed by atoms with Gasteiger partial charge in [0.05, 0.1) is 5.25 Å². The molecular weight excluding hydrogens is 200 g/mol. The number of nitrogens with zero attached hydrogens (tertiary/aromatic N) is 1. The van der Waals surface area contributed by atoms with Gasteiger partial charge in [-0.05, 0) is 38.1 Å². The van der Waals surface area contributed by atoms with Gasteiger partial charge in [-0.3, -0.25) is 0 Å². The van der Waals surface area contributed by atoms with E-state index in [0.29, 0.717) is 37.4 Å². The second-order valence-electron chi connectivity index (χ2n) is 4.64. The normalized spacial score (nSPS) is 37.6. The summed E-state index contributed by atoms with van der Waals surface area (Å²) in [5.74, 6) is 1.69. The van der Waals surface area contributed by atoms with E-state index in [1.807, 2.05) is 0 Å². The molecule has 2 rings (SSSR count). The van der Waals surface area contributed by atoms with Crippen molar-refractivity contribution in [1.82, 2.24) is 4.31 Å². The summed E-state index contributed by atoms with van der Waals surface area (Å²) in [6.07, 6.45) is 0. The summed E-state index contributed by atoms with van der Waals surface area (Å²) in [6.45, 7) is 5.59. The van der Waals surface area contributed by atoms with Crippen LogP contribution in [0.5, 0.6) is 0 Å². The van der Waals surface area contributed by atoms with Gasteiger partial charge in [0.2, 0.25) is 10.0 Å². The summed E-state index contributed by atoms with van der Waals surface area (Å²) < 4.78 is 25.2. The molecule has 0 amide bonds. The Labute approximate surface area is 85.5 Å². The zero-order valence-electron chi connectivity index (χ0n) is 8.68. The molecule has 14 heavy (non-hydrogen) atoms. The molecule has 2 atom stereocenters. The van der Waals surface area contributed by atoms with Gasteiger partial charge < -0.3 is 5.73 Å². The Bertz CT molecular complexity index is 314. The Kier molecular flexibility index (Phi) is 2.36. The monoisotopic (exact) mass is 218 g/mol. The van der Waals surface area contributed by atoms with Crippen LogP contribution in [0.4, 0.5) is 0 Å². The van der Waals surface area contributed by atoms with Gasteiger partial charge in [0.15, 0.2) is 0 Å². The van der Waals surface area contributed by atoms with Gasteiger partial charge in [0.1, 0.15) is 0 Å². The fourth-order valence-electron chi connectivity index (χ4n) is 2.47. The molecule has 2 unspecified atom stereocenters. The standard InChI is InChI=1S/C9H18N2O2S/c1-6(2)14(12,13)11-4-8-7(3-10)9(8)5-11/h6-9H,3-5,10H2,1-2H3. The first-order valence-electron chi connectivity index (χ1n) is 5.17. The third kappa shape index (κ3) is 1.38. The highest BCUT2D eigenvalue weighted by atomic mass is 32.2. The molecular formula is C9H18N2O2S. The van der Waals surface area contributed by atoms with Crippen LogP contribution in [-0.4, -0.2) is 37.6 Å². The van der Waals surface area contributed by atoms with Crippen molar-refractivity contribution in [2.24, 2.45) is 23.5 Å². The van der Waals surface area contributed by atoms with E-state index in [0.717, 1.165) is 0 Å². The Morgan fingerprint density at radius 3 is 2.21 bits per heavy atom. The van der Waals surface area contributed by atoms with Crippen LogP contribution >= 0.6 is 0 Å². The highest BCUT2D eigenvalue weighted by molar-refractivity contribution is 7.89. The first-order valence-corrected chi connectivity index (χ1v) is 6.67. The van der Waals surface area contributed by atoms with E-state index < -0.39 is 10.0 Å². The van der Waals surface area contributed by atoms with Crippen LogP contribution in [0.1, 0.15) is 13.8 Å². The lowest BCUT2D eigenvalue weighted by Gasteiger charge is -2.21. The molecule has 0 bridgehead atoms. The summed E-state index contributed by atoms with van der Waals surface area (Å²) in [5, 5.41) is -0.295. The topological polar surface area (TPSA) is 63.4 Å². The molecule has 1 saturated heterocycles. The Morgan fingerprint density at radius 1 is 1.36 bits per heavy atom. The van der Waals surface area contributed by atoms with Gasteiger partial charge in [-0.25, -0.2) is 12.7 Å². The van der Waals surface area contributed by atoms with E-state index in [2.05, 4.69) is 0 Å². The Morgan fingerprint density at radius 2 is 1.86 bits per heavy atom. The molecule has 0 radical (unpaired) electrons. The van der Waals surface area contributed by atoms with Crippen LogP contribution in [0.3, 0.4) is 0 Å². The van der Waals surface area contributed by atoms with E-state index in [1.165, 1.54) is 0 Å². The minimum absolute atomic E-state index is 0.295. The summed E-state index contributed by atoms with van der Waals surface area (Å²) in [6, 6.07) is 0. The minimum Gasteiger partial charge on any atom is -0.330 e. The molecule has 1 saturated carbocycles. The SMILES string of the molecule is CC(C)S(=O)(=O)N1CC2C(CN)C2C1. The number of piperidine rings is 1. The van der Waals surface area contributed by atoms with E-state index in [9.17, 15) is 8.42 Å². The molecule has 0 aromatic heterocycles. The summed E-state index contributed by atoms with van der Waals surface area (Å²) in [7, 11) is -3.02. The molecule has 5 heteroatoms. The Hall–Kier alpha value is -0.130. The first kappa shape index (κ1) is 10.4. The largest absolute Gasteiger partial charge is 0.330 e. The second-order valence-corrected chi connectivity index (χ2v) is 7.13. The third-order valence-corrected chi connectivity index (χ3v) is 5.77. The zero-order chi connectivity index (χ0) is 10.5. The predicted molar refractivity (Wildman–Crippen MR) is 55.2 cm³/mol. The van der Waals surface area contributed by atoms with E-state index in [1.54, 1.807) is 18.2 Å². The van der Waals surface area contributed by atoms with E-state index in [4.69, 9.17) is 5.73 Å². The maximum absolute atomic E-state index is 11.8. The number of rotatable bonds is 3. The van der Waals surface area contributed by atoms with Gasteiger partial charge in [-0.1, -0.05) is 0 Å². The highest BCUT2D eigenvalue weighted by Crippen LogP contribution is 2.51. The van der Waals surface area contributed by atoms with Crippen LogP contribution < -0.4 is 5.73 Å². The fraction of sp³-hybridized carbons (Fsp3) is 1.00. The Balaban J connectivity index is 2.00. The first-order chi connectivity index (χ1) is 6.48. The van der Waals surface area contributed by atoms with Gasteiger partial charge >= 0.3 is 0 Å². The van der Waals surface area contributed by atoms with Crippen LogP contribution in [0.2, 0.25) is 0 Å². The summed E-state index contributed by atoms with van der Waals surface area (Å²) >= 11 is 0. The van der Waals surface area contributed by atoms with Crippen LogP contribution in [0, 0.1) is 17.8 Å². The molecule has 1 aliphatic carbocycles. The molecule has 2 fully saturated rings. The molecule has 1 heterocycles. The third-order valence-electron chi connectivity index (χ3n) is 3.57. The highest BCUT2D eigenvalue weighted by Gasteiger charge is 2.57. The molecule has 0 aromatic rings. The van der Waals surface area contributed by atoms with Crippen molar-refractivity contribution in [2.45, 2.75) is 19.1 Å². The predicted octanol–water partition coefficient (Wildman–Crippen LogP) is -0.139. The maximum atomic E-state index is 11.8. The average molecular weight is 218 g/mol. The summed E-state index contributed by atoms with van der Waals surface area (Å²) in [4.78, 5) is 0. The molecule has 2 aliphatic rings. The van der Waals surface area contributed by atoms with Crippen molar-refractivity contribution in [1.29, 1.82) is 0 Å². The number of hydrogen-bond acceptors (Lipinski definition) is 3.